The van der Waals surface area contributed by atoms with Gasteiger partial charge >= 0.3 is 0 Å². The maximum absolute atomic E-state index is 12.9. The summed E-state index contributed by atoms with van der Waals surface area (Å²) in [5.74, 6) is -0.0962. The molecule has 0 aliphatic carbocycles. The van der Waals surface area contributed by atoms with Crippen LogP contribution < -0.4 is 25.0 Å². The lowest BCUT2D eigenvalue weighted by Crippen LogP contribution is -2.28. The summed E-state index contributed by atoms with van der Waals surface area (Å²) in [7, 11) is 3.07. The van der Waals surface area contributed by atoms with Crippen molar-refractivity contribution in [3.05, 3.63) is 42.0 Å². The highest BCUT2D eigenvalue weighted by molar-refractivity contribution is 6.05. The zero-order chi connectivity index (χ0) is 21.8. The third kappa shape index (κ3) is 4.53. The number of carbonyl (C=O) groups is 3. The lowest BCUT2D eigenvalue weighted by atomic mass is 10.1. The van der Waals surface area contributed by atoms with Gasteiger partial charge in [0.2, 0.25) is 17.7 Å². The van der Waals surface area contributed by atoms with E-state index in [4.69, 9.17) is 9.47 Å². The van der Waals surface area contributed by atoms with Crippen molar-refractivity contribution in [1.82, 2.24) is 0 Å². The van der Waals surface area contributed by atoms with Gasteiger partial charge in [-0.1, -0.05) is 6.07 Å². The highest BCUT2D eigenvalue weighted by Crippen LogP contribution is 2.34. The van der Waals surface area contributed by atoms with E-state index in [0.717, 1.165) is 5.56 Å². The van der Waals surface area contributed by atoms with E-state index < -0.39 is 5.92 Å². The number of aryl methyl sites for hydroxylation is 1. The van der Waals surface area contributed by atoms with Gasteiger partial charge in [0.15, 0.2) is 11.5 Å². The summed E-state index contributed by atoms with van der Waals surface area (Å²) >= 11 is 0. The second kappa shape index (κ2) is 8.86. The van der Waals surface area contributed by atoms with Crippen molar-refractivity contribution in [3.63, 3.8) is 0 Å². The number of hydrogen-bond donors (Lipinski definition) is 2. The third-order valence-corrected chi connectivity index (χ3v) is 4.92. The van der Waals surface area contributed by atoms with Crippen LogP contribution in [0, 0.1) is 12.8 Å². The molecule has 1 aliphatic heterocycles. The molecule has 0 bridgehead atoms. The number of benzene rings is 2. The Bertz CT molecular complexity index is 989. The third-order valence-electron chi connectivity index (χ3n) is 4.92. The van der Waals surface area contributed by atoms with Crippen LogP contribution in [0.25, 0.3) is 0 Å². The molecule has 8 nitrogen and oxygen atoms in total. The highest BCUT2D eigenvalue weighted by atomic mass is 16.5. The minimum absolute atomic E-state index is 0.0987. The molecule has 2 aromatic rings. The van der Waals surface area contributed by atoms with Gasteiger partial charge in [0, 0.05) is 31.6 Å². The number of ether oxygens (including phenoxy) is 2. The van der Waals surface area contributed by atoms with Gasteiger partial charge in [-0.05, 0) is 36.8 Å². The molecule has 1 atom stereocenters. The SMILES string of the molecule is COc1ccc(N2CC(C(=O)Nc3cc(C)ccc3NC(C)=O)CC2=O)cc1OC. The fraction of sp³-hybridized carbons (Fsp3) is 0.318. The number of hydrogen-bond acceptors (Lipinski definition) is 5. The first-order valence-corrected chi connectivity index (χ1v) is 9.54. The molecule has 0 spiro atoms. The van der Waals surface area contributed by atoms with Crippen LogP contribution in [0.2, 0.25) is 0 Å². The number of carbonyl (C=O) groups excluding carboxylic acids is 3. The monoisotopic (exact) mass is 411 g/mol. The van der Waals surface area contributed by atoms with Crippen LogP contribution in [0.4, 0.5) is 17.1 Å². The van der Waals surface area contributed by atoms with E-state index in [1.807, 2.05) is 13.0 Å². The van der Waals surface area contributed by atoms with Gasteiger partial charge in [0.1, 0.15) is 0 Å². The minimum Gasteiger partial charge on any atom is -0.493 e. The van der Waals surface area contributed by atoms with E-state index >= 15 is 0 Å². The number of anilines is 3. The van der Waals surface area contributed by atoms with Crippen molar-refractivity contribution in [2.75, 3.05) is 36.3 Å². The summed E-state index contributed by atoms with van der Waals surface area (Å²) in [4.78, 5) is 38.4. The Hall–Kier alpha value is -3.55. The molecule has 1 fully saturated rings. The van der Waals surface area contributed by atoms with Gasteiger partial charge in [0.25, 0.3) is 0 Å². The zero-order valence-corrected chi connectivity index (χ0v) is 17.4. The van der Waals surface area contributed by atoms with Crippen LogP contribution in [-0.2, 0) is 14.4 Å². The largest absolute Gasteiger partial charge is 0.493 e. The number of amides is 3. The first-order chi connectivity index (χ1) is 14.3. The number of nitrogens with zero attached hydrogens (tertiary/aromatic N) is 1. The van der Waals surface area contributed by atoms with Crippen molar-refractivity contribution in [1.29, 1.82) is 0 Å². The molecule has 0 saturated carbocycles. The van der Waals surface area contributed by atoms with E-state index in [9.17, 15) is 14.4 Å². The van der Waals surface area contributed by atoms with E-state index in [0.29, 0.717) is 28.6 Å². The molecule has 2 aromatic carbocycles. The lowest BCUT2D eigenvalue weighted by Gasteiger charge is -2.19. The Morgan fingerprint density at radius 3 is 2.40 bits per heavy atom. The van der Waals surface area contributed by atoms with Crippen molar-refractivity contribution in [3.8, 4) is 11.5 Å². The molecule has 2 N–H and O–H groups in total. The van der Waals surface area contributed by atoms with Gasteiger partial charge < -0.3 is 25.0 Å². The molecule has 1 unspecified atom stereocenters. The van der Waals surface area contributed by atoms with E-state index in [-0.39, 0.29) is 30.7 Å². The molecule has 8 heteroatoms. The van der Waals surface area contributed by atoms with Crippen molar-refractivity contribution in [2.45, 2.75) is 20.3 Å². The molecule has 158 valence electrons. The van der Waals surface area contributed by atoms with Crippen LogP contribution in [-0.4, -0.2) is 38.5 Å². The number of nitrogens with one attached hydrogen (secondary N) is 2. The maximum Gasteiger partial charge on any atom is 0.229 e. The molecule has 0 radical (unpaired) electrons. The number of methoxy groups -OCH3 is 2. The van der Waals surface area contributed by atoms with Crippen molar-refractivity contribution >= 4 is 34.8 Å². The average Bonchev–Trinajstić information content (AvgIpc) is 3.11. The molecule has 3 amide bonds. The second-order valence-corrected chi connectivity index (χ2v) is 7.16. The van der Waals surface area contributed by atoms with Crippen LogP contribution in [0.1, 0.15) is 18.9 Å². The molecule has 1 aliphatic rings. The van der Waals surface area contributed by atoms with Crippen LogP contribution in [0.15, 0.2) is 36.4 Å². The number of rotatable bonds is 6. The molecule has 30 heavy (non-hydrogen) atoms. The predicted octanol–water partition coefficient (Wildman–Crippen LogP) is 2.96. The Balaban J connectivity index is 1.76. The molecule has 3 rings (SSSR count). The summed E-state index contributed by atoms with van der Waals surface area (Å²) in [6, 6.07) is 10.6. The van der Waals surface area contributed by atoms with Gasteiger partial charge in [-0.3, -0.25) is 14.4 Å². The normalized spacial score (nSPS) is 15.7. The van der Waals surface area contributed by atoms with Gasteiger partial charge in [-0.2, -0.15) is 0 Å². The summed E-state index contributed by atoms with van der Waals surface area (Å²) in [6.45, 7) is 3.55. The topological polar surface area (TPSA) is 97.0 Å². The molecular weight excluding hydrogens is 386 g/mol. The van der Waals surface area contributed by atoms with Gasteiger partial charge in [-0.25, -0.2) is 0 Å². The fourth-order valence-corrected chi connectivity index (χ4v) is 3.42. The Labute approximate surface area is 175 Å². The second-order valence-electron chi connectivity index (χ2n) is 7.16. The zero-order valence-electron chi connectivity index (χ0n) is 17.4. The Morgan fingerprint density at radius 1 is 1.00 bits per heavy atom. The van der Waals surface area contributed by atoms with E-state index in [1.165, 1.54) is 14.0 Å². The van der Waals surface area contributed by atoms with Crippen molar-refractivity contribution < 1.29 is 23.9 Å². The maximum atomic E-state index is 12.9. The standard InChI is InChI=1S/C22H25N3O5/c1-13-5-7-17(23-14(2)26)18(9-13)24-22(28)15-10-21(27)25(12-15)16-6-8-19(29-3)20(11-16)30-4/h5-9,11,15H,10,12H2,1-4H3,(H,23,26)(H,24,28). The minimum atomic E-state index is -0.517. The molecular formula is C22H25N3O5. The Kier molecular flexibility index (Phi) is 6.25. The van der Waals surface area contributed by atoms with E-state index in [2.05, 4.69) is 10.6 Å². The fourth-order valence-electron chi connectivity index (χ4n) is 3.42. The highest BCUT2D eigenvalue weighted by Gasteiger charge is 2.35. The Morgan fingerprint density at radius 2 is 1.73 bits per heavy atom. The van der Waals surface area contributed by atoms with E-state index in [1.54, 1.807) is 42.3 Å². The first kappa shape index (κ1) is 21.2. The molecule has 1 saturated heterocycles. The van der Waals surface area contributed by atoms with Crippen LogP contribution >= 0.6 is 0 Å². The molecule has 1 heterocycles. The summed E-state index contributed by atoms with van der Waals surface area (Å²) in [6.07, 6.45) is 0.0987. The average molecular weight is 411 g/mol. The quantitative estimate of drug-likeness (QED) is 0.762. The summed E-state index contributed by atoms with van der Waals surface area (Å²) in [5.41, 5.74) is 2.60. The van der Waals surface area contributed by atoms with Gasteiger partial charge in [0.05, 0.1) is 31.5 Å². The first-order valence-electron chi connectivity index (χ1n) is 9.54. The van der Waals surface area contributed by atoms with Crippen LogP contribution in [0.5, 0.6) is 11.5 Å². The summed E-state index contributed by atoms with van der Waals surface area (Å²) < 4.78 is 10.5. The predicted molar refractivity (Wildman–Crippen MR) is 114 cm³/mol. The van der Waals surface area contributed by atoms with Crippen LogP contribution in [0.3, 0.4) is 0 Å². The van der Waals surface area contributed by atoms with Gasteiger partial charge in [-0.15, -0.1) is 0 Å². The lowest BCUT2D eigenvalue weighted by molar-refractivity contribution is -0.122. The molecule has 0 aromatic heterocycles. The van der Waals surface area contributed by atoms with Crippen molar-refractivity contribution in [2.24, 2.45) is 5.92 Å². The summed E-state index contributed by atoms with van der Waals surface area (Å²) in [5, 5.41) is 5.56. The smallest absolute Gasteiger partial charge is 0.229 e.